The van der Waals surface area contributed by atoms with Crippen molar-refractivity contribution < 1.29 is 28.6 Å². The predicted octanol–water partition coefficient (Wildman–Crippen LogP) is 15.7. The normalized spacial score (nSPS) is 13.2. The topological polar surface area (TPSA) is 78.9 Å². The number of rotatable bonds is 41. The van der Waals surface area contributed by atoms with Crippen LogP contribution in [0.2, 0.25) is 0 Å². The van der Waals surface area contributed by atoms with E-state index >= 15 is 0 Å². The first-order chi connectivity index (χ1) is 30.0. The fourth-order valence-electron chi connectivity index (χ4n) is 5.95. The summed E-state index contributed by atoms with van der Waals surface area (Å²) in [6.45, 7) is 6.24. The lowest BCUT2D eigenvalue weighted by atomic mass is 10.1. The van der Waals surface area contributed by atoms with Crippen LogP contribution in [0, 0.1) is 0 Å². The highest BCUT2D eigenvalue weighted by atomic mass is 16.6. The van der Waals surface area contributed by atoms with Crippen molar-refractivity contribution in [1.29, 1.82) is 0 Å². The lowest BCUT2D eigenvalue weighted by Crippen LogP contribution is -2.30. The smallest absolute Gasteiger partial charge is 0.306 e. The van der Waals surface area contributed by atoms with Crippen LogP contribution in [0.5, 0.6) is 0 Å². The van der Waals surface area contributed by atoms with E-state index in [2.05, 4.69) is 118 Å². The summed E-state index contributed by atoms with van der Waals surface area (Å²) in [6.07, 6.45) is 66.2. The first kappa shape index (κ1) is 56.8. The van der Waals surface area contributed by atoms with E-state index in [-0.39, 0.29) is 37.5 Å². The molecule has 342 valence electrons. The molecule has 1 atom stereocenters. The van der Waals surface area contributed by atoms with Crippen LogP contribution < -0.4 is 0 Å². The first-order valence-corrected chi connectivity index (χ1v) is 24.1. The molecule has 61 heavy (non-hydrogen) atoms. The van der Waals surface area contributed by atoms with Crippen LogP contribution in [0.1, 0.15) is 188 Å². The van der Waals surface area contributed by atoms with Crippen LogP contribution in [-0.4, -0.2) is 37.2 Å². The SMILES string of the molecule is CC\C=C/C=C\C=C/C=C\CCCCCCCC(=O)OC(COC(=O)CCC/C=C\CCCCCC)COC(=O)CCCCC/C=C\C/C=C\C/C=C\C/C=C\C/C=C\CC. The molecule has 0 aromatic carbocycles. The number of carbonyl (C=O) groups is 3. The largest absolute Gasteiger partial charge is 0.462 e. The maximum Gasteiger partial charge on any atom is 0.306 e. The molecule has 0 heterocycles. The summed E-state index contributed by atoms with van der Waals surface area (Å²) in [5.74, 6) is -1.02. The minimum Gasteiger partial charge on any atom is -0.462 e. The first-order valence-electron chi connectivity index (χ1n) is 24.1. The van der Waals surface area contributed by atoms with Crippen LogP contribution in [0.4, 0.5) is 0 Å². The summed E-state index contributed by atoms with van der Waals surface area (Å²) in [4.78, 5) is 37.8. The monoisotopic (exact) mass is 843 g/mol. The van der Waals surface area contributed by atoms with Gasteiger partial charge in [-0.1, -0.05) is 187 Å². The van der Waals surface area contributed by atoms with Gasteiger partial charge in [0.25, 0.3) is 0 Å². The van der Waals surface area contributed by atoms with E-state index in [4.69, 9.17) is 14.2 Å². The average molecular weight is 843 g/mol. The molecule has 0 radical (unpaired) electrons. The highest BCUT2D eigenvalue weighted by Gasteiger charge is 2.19. The van der Waals surface area contributed by atoms with Gasteiger partial charge in [-0.2, -0.15) is 0 Å². The molecule has 0 fully saturated rings. The van der Waals surface area contributed by atoms with Gasteiger partial charge in [0.2, 0.25) is 0 Å². The summed E-state index contributed by atoms with van der Waals surface area (Å²) in [5, 5.41) is 0. The Balaban J connectivity index is 4.49. The van der Waals surface area contributed by atoms with Crippen LogP contribution in [-0.2, 0) is 28.6 Å². The Kier molecular flexibility index (Phi) is 45.1. The molecule has 6 nitrogen and oxygen atoms in total. The predicted molar refractivity (Wildman–Crippen MR) is 260 cm³/mol. The highest BCUT2D eigenvalue weighted by molar-refractivity contribution is 5.71. The molecular weight excluding hydrogens is 757 g/mol. The molecule has 0 saturated carbocycles. The molecular formula is C55H86O6. The second kappa shape index (κ2) is 48.5. The van der Waals surface area contributed by atoms with E-state index in [0.29, 0.717) is 19.3 Å². The second-order valence-electron chi connectivity index (χ2n) is 15.3. The Hall–Kier alpha value is -4.19. The van der Waals surface area contributed by atoms with Crippen molar-refractivity contribution in [3.63, 3.8) is 0 Å². The van der Waals surface area contributed by atoms with Gasteiger partial charge in [0, 0.05) is 19.3 Å². The fourth-order valence-corrected chi connectivity index (χ4v) is 5.95. The minimum atomic E-state index is -0.817. The van der Waals surface area contributed by atoms with Gasteiger partial charge in [0.1, 0.15) is 13.2 Å². The quantitative estimate of drug-likeness (QED) is 0.0201. The van der Waals surface area contributed by atoms with Crippen molar-refractivity contribution >= 4 is 17.9 Å². The molecule has 0 aliphatic heterocycles. The standard InChI is InChI=1S/C55H86O6/c1-4-7-10-13-16-19-21-23-25-26-27-28-30-31-33-36-39-42-45-48-54(57)60-51-52(50-59-53(56)47-44-41-38-35-18-15-12-9-6-3)61-55(58)49-46-43-40-37-34-32-29-24-22-20-17-14-11-8-5-2/h7-8,10-11,14,16-17,19-20,22-25,27-29,31,33,35,38,52H,4-6,9,12-13,15,18,21,26,30,32,34,36-37,39-51H2,1-3H3/b10-7-,11-8-,17-14-,19-16-,22-20-,25-23-,28-27-,29-24-,33-31-,38-35-. The molecule has 0 aliphatic carbocycles. The van der Waals surface area contributed by atoms with Gasteiger partial charge < -0.3 is 14.2 Å². The molecule has 1 unspecified atom stereocenters. The lowest BCUT2D eigenvalue weighted by Gasteiger charge is -2.18. The summed E-state index contributed by atoms with van der Waals surface area (Å²) in [6, 6.07) is 0. The second-order valence-corrected chi connectivity index (χ2v) is 15.3. The van der Waals surface area contributed by atoms with Gasteiger partial charge in [-0.25, -0.2) is 0 Å². The molecule has 0 N–H and O–H groups in total. The van der Waals surface area contributed by atoms with Gasteiger partial charge in [-0.15, -0.1) is 0 Å². The summed E-state index contributed by atoms with van der Waals surface area (Å²) in [7, 11) is 0. The third kappa shape index (κ3) is 46.7. The fraction of sp³-hybridized carbons (Fsp3) is 0.582. The molecule has 0 bridgehead atoms. The van der Waals surface area contributed by atoms with Crippen molar-refractivity contribution in [2.45, 2.75) is 194 Å². The molecule has 6 heteroatoms. The Bertz CT molecular complexity index is 1340. The summed E-state index contributed by atoms with van der Waals surface area (Å²) < 4.78 is 16.6. The summed E-state index contributed by atoms with van der Waals surface area (Å²) >= 11 is 0. The maximum atomic E-state index is 12.7. The zero-order valence-electron chi connectivity index (χ0n) is 38.9. The van der Waals surface area contributed by atoms with Gasteiger partial charge >= 0.3 is 17.9 Å². The van der Waals surface area contributed by atoms with Crippen molar-refractivity contribution in [2.24, 2.45) is 0 Å². The Morgan fingerprint density at radius 2 is 0.738 bits per heavy atom. The molecule has 0 amide bonds. The van der Waals surface area contributed by atoms with E-state index in [9.17, 15) is 14.4 Å². The van der Waals surface area contributed by atoms with Crippen LogP contribution in [0.15, 0.2) is 122 Å². The molecule has 0 aromatic heterocycles. The zero-order valence-corrected chi connectivity index (χ0v) is 38.9. The third-order valence-corrected chi connectivity index (χ3v) is 9.53. The highest BCUT2D eigenvalue weighted by Crippen LogP contribution is 2.12. The zero-order chi connectivity index (χ0) is 44.4. The van der Waals surface area contributed by atoms with Gasteiger partial charge in [-0.3, -0.25) is 14.4 Å². The van der Waals surface area contributed by atoms with Crippen LogP contribution in [0.3, 0.4) is 0 Å². The number of unbranched alkanes of at least 4 members (excludes halogenated alkanes) is 13. The molecule has 0 aromatic rings. The maximum absolute atomic E-state index is 12.7. The molecule has 0 rings (SSSR count). The van der Waals surface area contributed by atoms with E-state index in [0.717, 1.165) is 116 Å². The number of ether oxygens (including phenoxy) is 3. The van der Waals surface area contributed by atoms with Gasteiger partial charge in [0.05, 0.1) is 0 Å². The molecule has 0 aliphatic rings. The van der Waals surface area contributed by atoms with Crippen molar-refractivity contribution in [3.8, 4) is 0 Å². The Morgan fingerprint density at radius 3 is 1.30 bits per heavy atom. The average Bonchev–Trinajstić information content (AvgIpc) is 3.26. The lowest BCUT2D eigenvalue weighted by molar-refractivity contribution is -0.167. The molecule has 0 spiro atoms. The Morgan fingerprint density at radius 1 is 0.361 bits per heavy atom. The summed E-state index contributed by atoms with van der Waals surface area (Å²) in [5.41, 5.74) is 0. The van der Waals surface area contributed by atoms with Crippen LogP contribution in [0.25, 0.3) is 0 Å². The number of carbonyl (C=O) groups excluding carboxylic acids is 3. The van der Waals surface area contributed by atoms with E-state index in [1.165, 1.54) is 25.7 Å². The van der Waals surface area contributed by atoms with Gasteiger partial charge in [-0.05, 0) is 103 Å². The Labute approximate surface area is 373 Å². The van der Waals surface area contributed by atoms with Crippen LogP contribution >= 0.6 is 0 Å². The number of allylic oxidation sites excluding steroid dienone is 20. The van der Waals surface area contributed by atoms with E-state index in [1.54, 1.807) is 0 Å². The number of hydrogen-bond donors (Lipinski definition) is 0. The van der Waals surface area contributed by atoms with E-state index in [1.807, 2.05) is 24.3 Å². The van der Waals surface area contributed by atoms with Crippen molar-refractivity contribution in [2.75, 3.05) is 13.2 Å². The number of hydrogen-bond acceptors (Lipinski definition) is 6. The molecule has 0 saturated heterocycles. The van der Waals surface area contributed by atoms with Crippen molar-refractivity contribution in [1.82, 2.24) is 0 Å². The number of esters is 3. The van der Waals surface area contributed by atoms with E-state index < -0.39 is 6.10 Å². The minimum absolute atomic E-state index is 0.118. The van der Waals surface area contributed by atoms with Gasteiger partial charge in [0.15, 0.2) is 6.10 Å². The van der Waals surface area contributed by atoms with Crippen molar-refractivity contribution in [3.05, 3.63) is 122 Å². The third-order valence-electron chi connectivity index (χ3n) is 9.53.